The minimum absolute atomic E-state index is 0.0193. The molecular weight excluding hydrogens is 470 g/mol. The van der Waals surface area contributed by atoms with Crippen molar-refractivity contribution in [2.45, 2.75) is 56.8 Å². The summed E-state index contributed by atoms with van der Waals surface area (Å²) in [5, 5.41) is 9.92. The highest BCUT2D eigenvalue weighted by Crippen LogP contribution is 2.39. The molecule has 0 bridgehead atoms. The molecule has 1 amide bonds. The predicted molar refractivity (Wildman–Crippen MR) is 146 cm³/mol. The number of likely N-dealkylation sites (N-methyl/N-ethyl adjacent to an activating group) is 1. The molecule has 5 atom stereocenters. The van der Waals surface area contributed by atoms with Gasteiger partial charge in [0.1, 0.15) is 11.0 Å². The minimum Gasteiger partial charge on any atom is -0.381 e. The summed E-state index contributed by atoms with van der Waals surface area (Å²) in [4.78, 5) is 25.8. The highest BCUT2D eigenvalue weighted by atomic mass is 32.1. The van der Waals surface area contributed by atoms with Gasteiger partial charge in [0, 0.05) is 49.0 Å². The molecule has 192 valence electrons. The van der Waals surface area contributed by atoms with Crippen LogP contribution in [-0.4, -0.2) is 66.9 Å². The van der Waals surface area contributed by atoms with Gasteiger partial charge in [-0.2, -0.15) is 0 Å². The number of thiazole rings is 1. The van der Waals surface area contributed by atoms with Gasteiger partial charge in [0.25, 0.3) is 0 Å². The molecule has 36 heavy (non-hydrogen) atoms. The van der Waals surface area contributed by atoms with Gasteiger partial charge in [0.2, 0.25) is 5.91 Å². The van der Waals surface area contributed by atoms with E-state index in [0.717, 1.165) is 48.6 Å². The number of aliphatic imine (C=N–C) groups is 1. The number of nitrogens with one attached hydrogen (secondary N) is 2. The number of hydrogen-bond acceptors (Lipinski definition) is 7. The number of amides is 1. The Bertz CT molecular complexity index is 1080. The van der Waals surface area contributed by atoms with Crippen molar-refractivity contribution in [2.24, 2.45) is 16.8 Å². The number of dihydropyridines is 1. The summed E-state index contributed by atoms with van der Waals surface area (Å²) in [5.41, 5.74) is 3.06. The number of nitrogens with zero attached hydrogens (tertiary/aromatic N) is 3. The number of hydrogen-bond donors (Lipinski definition) is 2. The van der Waals surface area contributed by atoms with E-state index in [0.29, 0.717) is 13.2 Å². The van der Waals surface area contributed by atoms with Gasteiger partial charge in [-0.1, -0.05) is 30.9 Å². The molecular formula is C28H37N5O2S. The third kappa shape index (κ3) is 5.12. The summed E-state index contributed by atoms with van der Waals surface area (Å²) in [6.07, 6.45) is 16.2. The molecule has 0 radical (unpaired) electrons. The lowest BCUT2D eigenvalue weighted by atomic mass is 9.85. The number of allylic oxidation sites excluding steroid dienone is 3. The number of aromatic nitrogens is 1. The van der Waals surface area contributed by atoms with Gasteiger partial charge in [-0.15, -0.1) is 11.3 Å². The Labute approximate surface area is 218 Å². The molecule has 3 unspecified atom stereocenters. The molecule has 2 N–H and O–H groups in total. The highest BCUT2D eigenvalue weighted by molar-refractivity contribution is 7.09. The molecule has 7 nitrogen and oxygen atoms in total. The van der Waals surface area contributed by atoms with Crippen LogP contribution < -0.4 is 10.6 Å². The van der Waals surface area contributed by atoms with Crippen LogP contribution in [0.5, 0.6) is 0 Å². The SMILES string of the molecule is C=C(N[C@H](C(=O)N1CCCC1c1nc(C2=CC=NC3C=CC=CC23)cs1)C1CCOCC1)[C@H](C)NC. The Kier molecular flexibility index (Phi) is 7.84. The van der Waals surface area contributed by atoms with E-state index in [1.54, 1.807) is 11.3 Å². The van der Waals surface area contributed by atoms with Crippen molar-refractivity contribution in [3.63, 3.8) is 0 Å². The maximum absolute atomic E-state index is 14.1. The van der Waals surface area contributed by atoms with Crippen LogP contribution in [-0.2, 0) is 9.53 Å². The van der Waals surface area contributed by atoms with Gasteiger partial charge < -0.3 is 20.3 Å². The van der Waals surface area contributed by atoms with Crippen LogP contribution in [0.3, 0.4) is 0 Å². The van der Waals surface area contributed by atoms with Crippen molar-refractivity contribution < 1.29 is 9.53 Å². The monoisotopic (exact) mass is 507 g/mol. The Morgan fingerprint density at radius 1 is 1.25 bits per heavy atom. The Balaban J connectivity index is 1.35. The van der Waals surface area contributed by atoms with Crippen molar-refractivity contribution in [3.05, 3.63) is 58.7 Å². The van der Waals surface area contributed by atoms with Crippen LogP contribution in [0.2, 0.25) is 0 Å². The fraction of sp³-hybridized carbons (Fsp3) is 0.536. The van der Waals surface area contributed by atoms with E-state index in [1.807, 2.05) is 13.3 Å². The fourth-order valence-corrected chi connectivity index (χ4v) is 6.56. The maximum atomic E-state index is 14.1. The number of ether oxygens (including phenoxy) is 1. The maximum Gasteiger partial charge on any atom is 0.245 e. The first-order valence-electron chi connectivity index (χ1n) is 13.1. The lowest BCUT2D eigenvalue weighted by molar-refractivity contribution is -0.136. The van der Waals surface area contributed by atoms with Crippen LogP contribution in [0.25, 0.3) is 5.57 Å². The smallest absolute Gasteiger partial charge is 0.245 e. The largest absolute Gasteiger partial charge is 0.381 e. The van der Waals surface area contributed by atoms with E-state index in [2.05, 4.69) is 69.8 Å². The molecule has 2 fully saturated rings. The zero-order valence-electron chi connectivity index (χ0n) is 21.2. The van der Waals surface area contributed by atoms with Crippen LogP contribution in [0.1, 0.15) is 49.4 Å². The van der Waals surface area contributed by atoms with Crippen LogP contribution in [0.4, 0.5) is 0 Å². The number of carbonyl (C=O) groups is 1. The second-order valence-electron chi connectivity index (χ2n) is 10.1. The van der Waals surface area contributed by atoms with Gasteiger partial charge in [-0.05, 0) is 57.2 Å². The van der Waals surface area contributed by atoms with Crippen molar-refractivity contribution in [1.82, 2.24) is 20.5 Å². The van der Waals surface area contributed by atoms with E-state index in [1.165, 1.54) is 5.57 Å². The average molecular weight is 508 g/mol. The molecule has 1 aromatic rings. The van der Waals surface area contributed by atoms with Crippen LogP contribution >= 0.6 is 11.3 Å². The van der Waals surface area contributed by atoms with Gasteiger partial charge >= 0.3 is 0 Å². The molecule has 0 spiro atoms. The molecule has 5 rings (SSSR count). The fourth-order valence-electron chi connectivity index (χ4n) is 5.58. The third-order valence-corrected chi connectivity index (χ3v) is 8.86. The van der Waals surface area contributed by atoms with E-state index in [9.17, 15) is 4.79 Å². The number of rotatable bonds is 8. The van der Waals surface area contributed by atoms with E-state index < -0.39 is 0 Å². The number of fused-ring (bicyclic) bond motifs is 1. The topological polar surface area (TPSA) is 78.9 Å². The first kappa shape index (κ1) is 25.1. The summed E-state index contributed by atoms with van der Waals surface area (Å²) in [5.74, 6) is 0.614. The molecule has 1 aromatic heterocycles. The standard InChI is InChI=1S/C28H37N5O2S/c1-18(29-3)19(2)31-26(20-11-15-35-16-12-20)28(34)33-14-6-9-25(33)27-32-24(17-36-27)22-10-13-30-23-8-5-4-7-21(22)23/h4-5,7-8,10,13,17-18,20-21,23,25-26,29,31H,2,6,9,11-12,14-16H2,1,3H3/t18-,21?,23?,25?,26-/m0/s1. The second kappa shape index (κ2) is 11.2. The minimum atomic E-state index is -0.297. The number of carbonyl (C=O) groups excluding carboxylic acids is 1. The van der Waals surface area contributed by atoms with E-state index in [4.69, 9.17) is 9.72 Å². The van der Waals surface area contributed by atoms with Crippen molar-refractivity contribution >= 4 is 29.0 Å². The Hall–Kier alpha value is -2.55. The van der Waals surface area contributed by atoms with Gasteiger partial charge in [0.15, 0.2) is 0 Å². The summed E-state index contributed by atoms with van der Waals surface area (Å²) in [6.45, 7) is 8.45. The molecule has 4 heterocycles. The first-order valence-corrected chi connectivity index (χ1v) is 14.0. The molecule has 0 saturated carbocycles. The van der Waals surface area contributed by atoms with Gasteiger partial charge in [-0.3, -0.25) is 9.79 Å². The molecule has 0 aromatic carbocycles. The Morgan fingerprint density at radius 2 is 2.06 bits per heavy atom. The Morgan fingerprint density at radius 3 is 2.86 bits per heavy atom. The van der Waals surface area contributed by atoms with Crippen LogP contribution in [0.15, 0.2) is 53.0 Å². The van der Waals surface area contributed by atoms with Crippen LogP contribution in [0, 0.1) is 11.8 Å². The van der Waals surface area contributed by atoms with Gasteiger partial charge in [-0.25, -0.2) is 4.98 Å². The summed E-state index contributed by atoms with van der Waals surface area (Å²) >= 11 is 1.67. The average Bonchev–Trinajstić information content (AvgIpc) is 3.61. The lowest BCUT2D eigenvalue weighted by Gasteiger charge is -2.36. The van der Waals surface area contributed by atoms with Crippen molar-refractivity contribution in [1.29, 1.82) is 0 Å². The third-order valence-electron chi connectivity index (χ3n) is 7.92. The molecule has 1 aliphatic carbocycles. The zero-order chi connectivity index (χ0) is 25.1. The summed E-state index contributed by atoms with van der Waals surface area (Å²) < 4.78 is 5.60. The van der Waals surface area contributed by atoms with E-state index >= 15 is 0 Å². The van der Waals surface area contributed by atoms with Gasteiger partial charge in [0.05, 0.1) is 17.8 Å². The first-order chi connectivity index (χ1) is 17.6. The second-order valence-corrected chi connectivity index (χ2v) is 11.0. The summed E-state index contributed by atoms with van der Waals surface area (Å²) in [7, 11) is 1.91. The highest BCUT2D eigenvalue weighted by Gasteiger charge is 2.39. The lowest BCUT2D eigenvalue weighted by Crippen LogP contribution is -2.52. The van der Waals surface area contributed by atoms with E-state index in [-0.39, 0.29) is 41.9 Å². The molecule has 8 heteroatoms. The molecule has 3 aliphatic heterocycles. The molecule has 4 aliphatic rings. The van der Waals surface area contributed by atoms with Crippen molar-refractivity contribution in [3.8, 4) is 0 Å². The quantitative estimate of drug-likeness (QED) is 0.558. The molecule has 2 saturated heterocycles. The normalized spacial score (nSPS) is 27.4. The predicted octanol–water partition coefficient (Wildman–Crippen LogP) is 3.89. The summed E-state index contributed by atoms with van der Waals surface area (Å²) in [6, 6.07) is -0.0554. The number of likely N-dealkylation sites (tertiary alicyclic amines) is 1. The van der Waals surface area contributed by atoms with Crippen molar-refractivity contribution in [2.75, 3.05) is 26.8 Å². The zero-order valence-corrected chi connectivity index (χ0v) is 22.0.